The molecule has 0 N–H and O–H groups in total. The number of hydrogen-bond acceptors (Lipinski definition) is 0. The van der Waals surface area contributed by atoms with Crippen LogP contribution in [0.5, 0.6) is 0 Å². The highest BCUT2D eigenvalue weighted by atomic mass is 127. The molecule has 24 heavy (non-hydrogen) atoms. The maximum Gasteiger partial charge on any atom is 0.171 e. The Bertz CT molecular complexity index is 572. The van der Waals surface area contributed by atoms with Crippen LogP contribution in [0.15, 0.2) is 36.9 Å². The summed E-state index contributed by atoms with van der Waals surface area (Å²) >= 11 is 0. The zero-order valence-electron chi connectivity index (χ0n) is 15.4. The van der Waals surface area contributed by atoms with Crippen LogP contribution in [0.1, 0.15) is 47.9 Å². The van der Waals surface area contributed by atoms with Gasteiger partial charge in [0, 0.05) is 36.1 Å². The first-order chi connectivity index (χ1) is 10.6. The van der Waals surface area contributed by atoms with Crippen molar-refractivity contribution in [1.82, 2.24) is 0 Å². The summed E-state index contributed by atoms with van der Waals surface area (Å²) in [4.78, 5) is 0. The third kappa shape index (κ3) is 7.76. The highest BCUT2D eigenvalue weighted by Crippen LogP contribution is 2.04. The first kappa shape index (κ1) is 23.8. The number of unbranched alkanes of at least 4 members (excludes halogenated alkanes) is 3. The van der Waals surface area contributed by atoms with Crippen LogP contribution in [0, 0.1) is 27.7 Å². The van der Waals surface area contributed by atoms with Gasteiger partial charge in [-0.15, -0.1) is 0 Å². The highest BCUT2D eigenvalue weighted by molar-refractivity contribution is 5.17. The lowest BCUT2D eigenvalue weighted by Gasteiger charge is -2.02. The van der Waals surface area contributed by atoms with E-state index in [1.54, 1.807) is 0 Å². The van der Waals surface area contributed by atoms with Gasteiger partial charge in [-0.25, -0.2) is 9.13 Å². The monoisotopic (exact) mass is 552 g/mol. The van der Waals surface area contributed by atoms with Gasteiger partial charge in [-0.3, -0.25) is 0 Å². The summed E-state index contributed by atoms with van der Waals surface area (Å²) in [7, 11) is 0. The predicted octanol–water partition coefficient (Wildman–Crippen LogP) is -2.24. The van der Waals surface area contributed by atoms with Crippen LogP contribution in [0.25, 0.3) is 0 Å². The molecule has 0 aliphatic rings. The van der Waals surface area contributed by atoms with Gasteiger partial charge >= 0.3 is 0 Å². The van der Waals surface area contributed by atoms with Gasteiger partial charge in [-0.2, -0.15) is 0 Å². The second-order valence-electron chi connectivity index (χ2n) is 6.51. The number of halogens is 2. The van der Waals surface area contributed by atoms with Gasteiger partial charge < -0.3 is 48.0 Å². The molecule has 0 aliphatic carbocycles. The van der Waals surface area contributed by atoms with Crippen LogP contribution in [-0.4, -0.2) is 0 Å². The van der Waals surface area contributed by atoms with Crippen LogP contribution in [0.3, 0.4) is 0 Å². The molecular weight excluding hydrogens is 522 g/mol. The van der Waals surface area contributed by atoms with Gasteiger partial charge in [0.1, 0.15) is 13.1 Å². The highest BCUT2D eigenvalue weighted by Gasteiger charge is 2.05. The van der Waals surface area contributed by atoms with Crippen molar-refractivity contribution >= 4 is 0 Å². The van der Waals surface area contributed by atoms with Crippen molar-refractivity contribution in [2.24, 2.45) is 0 Å². The van der Waals surface area contributed by atoms with E-state index in [-0.39, 0.29) is 48.0 Å². The minimum atomic E-state index is 0. The topological polar surface area (TPSA) is 7.76 Å². The maximum atomic E-state index is 2.32. The summed E-state index contributed by atoms with van der Waals surface area (Å²) in [6, 6.07) is 4.43. The molecule has 0 saturated carbocycles. The van der Waals surface area contributed by atoms with E-state index >= 15 is 0 Å². The molecule has 0 atom stereocenters. The Morgan fingerprint density at radius 2 is 0.958 bits per heavy atom. The molecule has 0 radical (unpaired) electrons. The largest absolute Gasteiger partial charge is 1.00 e. The fourth-order valence-corrected chi connectivity index (χ4v) is 2.69. The van der Waals surface area contributed by atoms with Gasteiger partial charge in [0.15, 0.2) is 24.8 Å². The summed E-state index contributed by atoms with van der Waals surface area (Å²) in [5, 5.41) is 0. The van der Waals surface area contributed by atoms with Crippen molar-refractivity contribution in [3.8, 4) is 0 Å². The van der Waals surface area contributed by atoms with Gasteiger partial charge in [0.05, 0.1) is 0 Å². The predicted molar refractivity (Wildman–Crippen MR) is 90.7 cm³/mol. The fourth-order valence-electron chi connectivity index (χ4n) is 2.69. The van der Waals surface area contributed by atoms with Crippen LogP contribution >= 0.6 is 0 Å². The van der Waals surface area contributed by atoms with Gasteiger partial charge in [-0.05, 0) is 51.7 Å². The molecule has 0 amide bonds. The first-order valence-electron chi connectivity index (χ1n) is 8.49. The van der Waals surface area contributed by atoms with Crippen LogP contribution in [0.4, 0.5) is 0 Å². The van der Waals surface area contributed by atoms with E-state index in [9.17, 15) is 0 Å². The van der Waals surface area contributed by atoms with Crippen LogP contribution in [0.2, 0.25) is 0 Å². The number of rotatable bonds is 7. The lowest BCUT2D eigenvalue weighted by Crippen LogP contribution is -3.00. The SMILES string of the molecule is Cc1cc[n+](CCCCCC[n+]2ccc(C)c(C)c2)cc1C.[I-].[I-]. The maximum absolute atomic E-state index is 2.32. The zero-order chi connectivity index (χ0) is 15.9. The van der Waals surface area contributed by atoms with E-state index < -0.39 is 0 Å². The molecule has 2 rings (SSSR count). The molecule has 134 valence electrons. The van der Waals surface area contributed by atoms with Crippen LogP contribution < -0.4 is 57.1 Å². The van der Waals surface area contributed by atoms with E-state index in [0.717, 1.165) is 13.1 Å². The third-order valence-electron chi connectivity index (χ3n) is 4.58. The summed E-state index contributed by atoms with van der Waals surface area (Å²) < 4.78 is 4.64. The molecular formula is C20H30I2N2. The average Bonchev–Trinajstić information content (AvgIpc) is 2.50. The molecule has 2 aromatic heterocycles. The lowest BCUT2D eigenvalue weighted by molar-refractivity contribution is -0.699. The third-order valence-corrected chi connectivity index (χ3v) is 4.58. The Morgan fingerprint density at radius 1 is 0.583 bits per heavy atom. The normalized spacial score (nSPS) is 10.0. The van der Waals surface area contributed by atoms with E-state index in [4.69, 9.17) is 0 Å². The number of aromatic nitrogens is 2. The standard InChI is InChI=1S/C20H30N2.2HI/c1-17-9-13-21(15-19(17)3)11-7-5-6-8-12-22-14-10-18(2)20(4)16-22;;/h9-10,13-16H,5-8,11-12H2,1-4H3;2*1H/q+2;;/p-2. The summed E-state index contributed by atoms with van der Waals surface area (Å²) in [5.74, 6) is 0. The zero-order valence-corrected chi connectivity index (χ0v) is 19.7. The van der Waals surface area contributed by atoms with Crippen molar-refractivity contribution < 1.29 is 57.1 Å². The molecule has 0 aromatic carbocycles. The Balaban J connectivity index is 0.00000264. The number of hydrogen-bond donors (Lipinski definition) is 0. The molecule has 0 saturated heterocycles. The summed E-state index contributed by atoms with van der Waals surface area (Å²) in [6.45, 7) is 11.0. The molecule has 2 heterocycles. The van der Waals surface area contributed by atoms with E-state index in [2.05, 4.69) is 73.7 Å². The van der Waals surface area contributed by atoms with E-state index in [1.165, 1.54) is 47.9 Å². The van der Waals surface area contributed by atoms with E-state index in [1.807, 2.05) is 0 Å². The Morgan fingerprint density at radius 3 is 1.29 bits per heavy atom. The molecule has 2 aromatic rings. The number of nitrogens with zero attached hydrogens (tertiary/aromatic N) is 2. The summed E-state index contributed by atoms with van der Waals surface area (Å²) in [5.41, 5.74) is 5.52. The molecule has 4 heteroatoms. The average molecular weight is 552 g/mol. The molecule has 0 fully saturated rings. The molecule has 0 spiro atoms. The fraction of sp³-hybridized carbons (Fsp3) is 0.500. The second-order valence-corrected chi connectivity index (χ2v) is 6.51. The molecule has 2 nitrogen and oxygen atoms in total. The van der Waals surface area contributed by atoms with Crippen molar-refractivity contribution in [3.63, 3.8) is 0 Å². The van der Waals surface area contributed by atoms with Crippen molar-refractivity contribution in [2.45, 2.75) is 66.5 Å². The van der Waals surface area contributed by atoms with Gasteiger partial charge in [0.2, 0.25) is 0 Å². The Labute approximate surface area is 181 Å². The second kappa shape index (κ2) is 12.2. The smallest absolute Gasteiger partial charge is 0.171 e. The lowest BCUT2D eigenvalue weighted by atomic mass is 10.1. The van der Waals surface area contributed by atoms with E-state index in [0.29, 0.717) is 0 Å². The molecule has 0 bridgehead atoms. The quantitative estimate of drug-likeness (QED) is 0.209. The minimum Gasteiger partial charge on any atom is -1.00 e. The van der Waals surface area contributed by atoms with Gasteiger partial charge in [0.25, 0.3) is 0 Å². The van der Waals surface area contributed by atoms with Gasteiger partial charge in [-0.1, -0.05) is 0 Å². The number of pyridine rings is 2. The molecule has 0 aliphatic heterocycles. The Hall–Kier alpha value is -0.240. The Kier molecular flexibility index (Phi) is 12.0. The summed E-state index contributed by atoms with van der Waals surface area (Å²) in [6.07, 6.45) is 14.1. The first-order valence-corrected chi connectivity index (χ1v) is 8.49. The van der Waals surface area contributed by atoms with Crippen molar-refractivity contribution in [1.29, 1.82) is 0 Å². The van der Waals surface area contributed by atoms with Crippen LogP contribution in [-0.2, 0) is 13.1 Å². The number of aryl methyl sites for hydroxylation is 6. The van der Waals surface area contributed by atoms with Crippen molar-refractivity contribution in [3.05, 3.63) is 59.2 Å². The minimum absolute atomic E-state index is 0. The van der Waals surface area contributed by atoms with Crippen molar-refractivity contribution in [2.75, 3.05) is 0 Å². The molecule has 0 unspecified atom stereocenters.